The van der Waals surface area contributed by atoms with Gasteiger partial charge in [0.1, 0.15) is 0 Å². The van der Waals surface area contributed by atoms with Gasteiger partial charge < -0.3 is 4.90 Å². The smallest absolute Gasteiger partial charge is 0.00964 e. The van der Waals surface area contributed by atoms with E-state index in [9.17, 15) is 0 Å². The van der Waals surface area contributed by atoms with E-state index in [-0.39, 0.29) is 0 Å². The Balaban J connectivity index is 2.10. The molecule has 11 heavy (non-hydrogen) atoms. The Morgan fingerprint density at radius 3 is 2.27 bits per heavy atom. The molecule has 1 nitrogen and oxygen atoms in total. The van der Waals surface area contributed by atoms with Crippen LogP contribution in [0.2, 0.25) is 0 Å². The fraction of sp³-hybridized carbons (Fsp3) is 1.00. The molecule has 0 spiro atoms. The van der Waals surface area contributed by atoms with E-state index in [1.54, 1.807) is 0 Å². The van der Waals surface area contributed by atoms with Gasteiger partial charge in [-0.1, -0.05) is 20.3 Å². The van der Waals surface area contributed by atoms with Crippen molar-refractivity contribution in [1.29, 1.82) is 0 Å². The second kappa shape index (κ2) is 4.76. The lowest BCUT2D eigenvalue weighted by Crippen LogP contribution is -2.27. The summed E-state index contributed by atoms with van der Waals surface area (Å²) in [6.07, 6.45) is 6.97. The third kappa shape index (κ3) is 3.24. The van der Waals surface area contributed by atoms with Gasteiger partial charge in [0.15, 0.2) is 0 Å². The van der Waals surface area contributed by atoms with Crippen molar-refractivity contribution < 1.29 is 0 Å². The summed E-state index contributed by atoms with van der Waals surface area (Å²) in [6, 6.07) is 0.974. The predicted octanol–water partition coefficient (Wildman–Crippen LogP) is 2.66. The van der Waals surface area contributed by atoms with E-state index < -0.39 is 0 Å². The number of rotatable bonds is 6. The Morgan fingerprint density at radius 2 is 1.82 bits per heavy atom. The summed E-state index contributed by atoms with van der Waals surface area (Å²) in [7, 11) is 0. The molecule has 1 heteroatoms. The Bertz CT molecular complexity index is 97.0. The molecule has 0 atom stereocenters. The molecule has 0 radical (unpaired) electrons. The quantitative estimate of drug-likeness (QED) is 0.570. The predicted molar refractivity (Wildman–Crippen MR) is 49.8 cm³/mol. The lowest BCUT2D eigenvalue weighted by Gasteiger charge is -2.20. The van der Waals surface area contributed by atoms with Crippen LogP contribution in [0.4, 0.5) is 0 Å². The second-order valence-electron chi connectivity index (χ2n) is 3.62. The van der Waals surface area contributed by atoms with Crippen LogP contribution < -0.4 is 0 Å². The third-order valence-corrected chi connectivity index (χ3v) is 2.37. The molecule has 0 aromatic carbocycles. The van der Waals surface area contributed by atoms with Crippen molar-refractivity contribution in [2.75, 3.05) is 13.1 Å². The monoisotopic (exact) mass is 155 g/mol. The van der Waals surface area contributed by atoms with Crippen molar-refractivity contribution in [3.8, 4) is 0 Å². The standard InChI is InChI=1S/C10H21N/c1-3-5-9-11(8-4-2)10-6-7-10/h10H,3-9H2,1-2H3. The highest BCUT2D eigenvalue weighted by Crippen LogP contribution is 2.26. The van der Waals surface area contributed by atoms with Gasteiger partial charge in [0.2, 0.25) is 0 Å². The zero-order chi connectivity index (χ0) is 8.10. The van der Waals surface area contributed by atoms with E-state index in [2.05, 4.69) is 18.7 Å². The van der Waals surface area contributed by atoms with Crippen molar-refractivity contribution in [2.45, 2.75) is 52.0 Å². The van der Waals surface area contributed by atoms with Crippen LogP contribution in [0.25, 0.3) is 0 Å². The first-order valence-electron chi connectivity index (χ1n) is 5.12. The average molecular weight is 155 g/mol. The maximum Gasteiger partial charge on any atom is 0.00964 e. The molecule has 1 aliphatic rings. The maximum atomic E-state index is 2.67. The fourth-order valence-corrected chi connectivity index (χ4v) is 1.57. The fourth-order valence-electron chi connectivity index (χ4n) is 1.57. The molecule has 1 fully saturated rings. The first kappa shape index (κ1) is 9.05. The van der Waals surface area contributed by atoms with Crippen molar-refractivity contribution >= 4 is 0 Å². The van der Waals surface area contributed by atoms with Crippen LogP contribution >= 0.6 is 0 Å². The molecule has 1 aliphatic carbocycles. The number of unbranched alkanes of at least 4 members (excludes halogenated alkanes) is 1. The molecule has 0 aliphatic heterocycles. The van der Waals surface area contributed by atoms with Crippen LogP contribution in [0.5, 0.6) is 0 Å². The molecule has 0 aromatic heterocycles. The molecular weight excluding hydrogens is 134 g/mol. The lowest BCUT2D eigenvalue weighted by atomic mass is 10.3. The van der Waals surface area contributed by atoms with Gasteiger partial charge in [-0.25, -0.2) is 0 Å². The molecule has 66 valence electrons. The van der Waals surface area contributed by atoms with Crippen molar-refractivity contribution in [3.63, 3.8) is 0 Å². The van der Waals surface area contributed by atoms with E-state index in [1.807, 2.05) is 0 Å². The van der Waals surface area contributed by atoms with E-state index in [0.29, 0.717) is 0 Å². The average Bonchev–Trinajstić information content (AvgIpc) is 2.80. The van der Waals surface area contributed by atoms with Gasteiger partial charge in [-0.15, -0.1) is 0 Å². The zero-order valence-corrected chi connectivity index (χ0v) is 7.97. The van der Waals surface area contributed by atoms with Crippen molar-refractivity contribution in [3.05, 3.63) is 0 Å². The van der Waals surface area contributed by atoms with Crippen molar-refractivity contribution in [1.82, 2.24) is 4.90 Å². The van der Waals surface area contributed by atoms with Crippen LogP contribution in [0.15, 0.2) is 0 Å². The summed E-state index contributed by atoms with van der Waals surface area (Å²) in [5, 5.41) is 0. The number of hydrogen-bond donors (Lipinski definition) is 0. The molecule has 1 saturated carbocycles. The Morgan fingerprint density at radius 1 is 1.09 bits per heavy atom. The van der Waals surface area contributed by atoms with Crippen LogP contribution in [0.1, 0.15) is 46.0 Å². The minimum Gasteiger partial charge on any atom is -0.300 e. The molecule has 0 N–H and O–H groups in total. The minimum atomic E-state index is 0.974. The van der Waals surface area contributed by atoms with Gasteiger partial charge in [-0.2, -0.15) is 0 Å². The summed E-state index contributed by atoms with van der Waals surface area (Å²) in [5.74, 6) is 0. The maximum absolute atomic E-state index is 2.67. The van der Waals surface area contributed by atoms with E-state index in [1.165, 1.54) is 45.2 Å². The molecule has 1 rings (SSSR count). The highest BCUT2D eigenvalue weighted by Gasteiger charge is 2.27. The van der Waals surface area contributed by atoms with Gasteiger partial charge in [-0.3, -0.25) is 0 Å². The van der Waals surface area contributed by atoms with Crippen LogP contribution in [-0.4, -0.2) is 24.0 Å². The molecule has 0 saturated heterocycles. The van der Waals surface area contributed by atoms with Gasteiger partial charge in [0.25, 0.3) is 0 Å². The van der Waals surface area contributed by atoms with Crippen LogP contribution in [0, 0.1) is 0 Å². The number of nitrogens with zero attached hydrogens (tertiary/aromatic N) is 1. The molecular formula is C10H21N. The summed E-state index contributed by atoms with van der Waals surface area (Å²) < 4.78 is 0. The van der Waals surface area contributed by atoms with Gasteiger partial charge in [0, 0.05) is 6.04 Å². The number of hydrogen-bond acceptors (Lipinski definition) is 1. The summed E-state index contributed by atoms with van der Waals surface area (Å²) in [4.78, 5) is 2.67. The Kier molecular flexibility index (Phi) is 3.92. The molecule has 0 amide bonds. The summed E-state index contributed by atoms with van der Waals surface area (Å²) in [5.41, 5.74) is 0. The summed E-state index contributed by atoms with van der Waals surface area (Å²) in [6.45, 7) is 7.22. The van der Waals surface area contributed by atoms with E-state index >= 15 is 0 Å². The van der Waals surface area contributed by atoms with Crippen LogP contribution in [0.3, 0.4) is 0 Å². The molecule has 0 heterocycles. The van der Waals surface area contributed by atoms with E-state index in [0.717, 1.165) is 6.04 Å². The van der Waals surface area contributed by atoms with E-state index in [4.69, 9.17) is 0 Å². The van der Waals surface area contributed by atoms with Crippen molar-refractivity contribution in [2.24, 2.45) is 0 Å². The lowest BCUT2D eigenvalue weighted by molar-refractivity contribution is 0.260. The minimum absolute atomic E-state index is 0.974. The topological polar surface area (TPSA) is 3.24 Å². The second-order valence-corrected chi connectivity index (χ2v) is 3.62. The summed E-state index contributed by atoms with van der Waals surface area (Å²) >= 11 is 0. The normalized spacial score (nSPS) is 17.7. The molecule has 0 bridgehead atoms. The SMILES string of the molecule is CCCCN(CCC)C1CC1. The van der Waals surface area contributed by atoms with Gasteiger partial charge in [0.05, 0.1) is 0 Å². The Labute approximate surface area is 70.8 Å². The largest absolute Gasteiger partial charge is 0.300 e. The highest BCUT2D eigenvalue weighted by atomic mass is 15.2. The first-order chi connectivity index (χ1) is 5.38. The van der Waals surface area contributed by atoms with Gasteiger partial charge >= 0.3 is 0 Å². The Hall–Kier alpha value is -0.0400. The highest BCUT2D eigenvalue weighted by molar-refractivity contribution is 4.83. The zero-order valence-electron chi connectivity index (χ0n) is 7.97. The third-order valence-electron chi connectivity index (χ3n) is 2.37. The first-order valence-corrected chi connectivity index (χ1v) is 5.12. The van der Waals surface area contributed by atoms with Crippen LogP contribution in [-0.2, 0) is 0 Å². The molecule has 0 aromatic rings. The van der Waals surface area contributed by atoms with Gasteiger partial charge in [-0.05, 0) is 38.8 Å². The molecule has 0 unspecified atom stereocenters.